The Hall–Kier alpha value is -2.10. The van der Waals surface area contributed by atoms with E-state index in [1.165, 1.54) is 6.20 Å². The van der Waals surface area contributed by atoms with Gasteiger partial charge in [-0.2, -0.15) is 0 Å². The summed E-state index contributed by atoms with van der Waals surface area (Å²) in [6.45, 7) is 0. The van der Waals surface area contributed by atoms with Crippen molar-refractivity contribution < 1.29 is 4.74 Å². The van der Waals surface area contributed by atoms with Crippen molar-refractivity contribution in [2.45, 2.75) is 0 Å². The molecule has 0 amide bonds. The molecule has 0 fully saturated rings. The number of hydrogen-bond donors (Lipinski definition) is 1. The Morgan fingerprint density at radius 1 is 1.13 bits per heavy atom. The van der Waals surface area contributed by atoms with E-state index in [9.17, 15) is 0 Å². The average Bonchev–Trinajstić information content (AvgIpc) is 2.30. The number of methoxy groups -OCH3 is 1. The fourth-order valence-corrected chi connectivity index (χ4v) is 1.33. The molecule has 0 unspecified atom stereocenters. The Kier molecular flexibility index (Phi) is 2.49. The number of nitrogens with zero attached hydrogens (tertiary/aromatic N) is 2. The van der Waals surface area contributed by atoms with Crippen LogP contribution in [-0.2, 0) is 0 Å². The molecule has 2 N–H and O–H groups in total. The van der Waals surface area contributed by atoms with E-state index in [1.807, 2.05) is 24.3 Å². The van der Waals surface area contributed by atoms with Gasteiger partial charge in [-0.3, -0.25) is 4.98 Å². The van der Waals surface area contributed by atoms with E-state index < -0.39 is 0 Å². The lowest BCUT2D eigenvalue weighted by Crippen LogP contribution is -1.94. The van der Waals surface area contributed by atoms with E-state index in [-0.39, 0.29) is 0 Å². The first-order valence-electron chi connectivity index (χ1n) is 4.52. The molecule has 15 heavy (non-hydrogen) atoms. The van der Waals surface area contributed by atoms with Gasteiger partial charge in [0.25, 0.3) is 0 Å². The topological polar surface area (TPSA) is 61.0 Å². The van der Waals surface area contributed by atoms with Crippen LogP contribution in [0, 0.1) is 0 Å². The Bertz CT molecular complexity index is 454. The molecule has 2 aromatic rings. The van der Waals surface area contributed by atoms with Crippen LogP contribution >= 0.6 is 0 Å². The maximum Gasteiger partial charge on any atom is 0.141 e. The molecule has 0 aliphatic rings. The van der Waals surface area contributed by atoms with E-state index in [4.69, 9.17) is 10.5 Å². The number of aromatic nitrogens is 2. The van der Waals surface area contributed by atoms with Crippen molar-refractivity contribution in [2.24, 2.45) is 0 Å². The molecule has 4 heteroatoms. The SMILES string of the molecule is COc1ccccc1-c1cnc(N)cn1. The van der Waals surface area contributed by atoms with Crippen LogP contribution in [0.25, 0.3) is 11.3 Å². The lowest BCUT2D eigenvalue weighted by atomic mass is 10.1. The minimum absolute atomic E-state index is 0.411. The van der Waals surface area contributed by atoms with Gasteiger partial charge in [0.2, 0.25) is 0 Å². The zero-order valence-corrected chi connectivity index (χ0v) is 8.34. The number of nitrogen functional groups attached to an aromatic ring is 1. The van der Waals surface area contributed by atoms with Crippen molar-refractivity contribution in [1.29, 1.82) is 0 Å². The van der Waals surface area contributed by atoms with Crippen LogP contribution in [0.4, 0.5) is 5.82 Å². The third-order valence-electron chi connectivity index (χ3n) is 2.05. The summed E-state index contributed by atoms with van der Waals surface area (Å²) in [5.41, 5.74) is 7.13. The molecule has 2 rings (SSSR count). The standard InChI is InChI=1S/C11H11N3O/c1-15-10-5-3-2-4-8(10)9-6-14-11(12)7-13-9/h2-7H,1H3,(H2,12,14). The van der Waals surface area contributed by atoms with Crippen LogP contribution < -0.4 is 10.5 Å². The Morgan fingerprint density at radius 2 is 1.93 bits per heavy atom. The van der Waals surface area contributed by atoms with E-state index in [2.05, 4.69) is 9.97 Å². The van der Waals surface area contributed by atoms with Crippen LogP contribution in [0.5, 0.6) is 5.75 Å². The zero-order valence-electron chi connectivity index (χ0n) is 8.34. The Labute approximate surface area is 87.7 Å². The molecule has 1 aromatic heterocycles. The third-order valence-corrected chi connectivity index (χ3v) is 2.05. The van der Waals surface area contributed by atoms with Gasteiger partial charge in [-0.15, -0.1) is 0 Å². The van der Waals surface area contributed by atoms with Crippen LogP contribution in [0.1, 0.15) is 0 Å². The van der Waals surface area contributed by atoms with Crippen LogP contribution in [0.2, 0.25) is 0 Å². The fraction of sp³-hybridized carbons (Fsp3) is 0.0909. The fourth-order valence-electron chi connectivity index (χ4n) is 1.33. The quantitative estimate of drug-likeness (QED) is 0.803. The van der Waals surface area contributed by atoms with Crippen molar-refractivity contribution in [3.8, 4) is 17.0 Å². The summed E-state index contributed by atoms with van der Waals surface area (Å²) in [6.07, 6.45) is 3.16. The van der Waals surface area contributed by atoms with Gasteiger partial charge in [-0.05, 0) is 12.1 Å². The van der Waals surface area contributed by atoms with Crippen LogP contribution in [-0.4, -0.2) is 17.1 Å². The van der Waals surface area contributed by atoms with Gasteiger partial charge in [-0.25, -0.2) is 4.98 Å². The second-order valence-electron chi connectivity index (χ2n) is 3.03. The first kappa shape index (κ1) is 9.45. The summed E-state index contributed by atoms with van der Waals surface area (Å²) in [7, 11) is 1.63. The number of nitrogens with two attached hydrogens (primary N) is 1. The van der Waals surface area contributed by atoms with Crippen molar-refractivity contribution in [3.63, 3.8) is 0 Å². The lowest BCUT2D eigenvalue weighted by Gasteiger charge is -2.06. The van der Waals surface area contributed by atoms with Gasteiger partial charge in [0.1, 0.15) is 11.6 Å². The third kappa shape index (κ3) is 1.88. The van der Waals surface area contributed by atoms with Crippen LogP contribution in [0.15, 0.2) is 36.7 Å². The number of anilines is 1. The second-order valence-corrected chi connectivity index (χ2v) is 3.03. The predicted molar refractivity (Wildman–Crippen MR) is 58.4 cm³/mol. The highest BCUT2D eigenvalue weighted by atomic mass is 16.5. The molecule has 0 bridgehead atoms. The number of hydrogen-bond acceptors (Lipinski definition) is 4. The molecule has 0 aliphatic carbocycles. The van der Waals surface area contributed by atoms with Gasteiger partial charge in [0, 0.05) is 5.56 Å². The molecule has 0 spiro atoms. The zero-order chi connectivity index (χ0) is 10.7. The van der Waals surface area contributed by atoms with Crippen molar-refractivity contribution in [2.75, 3.05) is 12.8 Å². The number of ether oxygens (including phenoxy) is 1. The number of benzene rings is 1. The van der Waals surface area contributed by atoms with E-state index >= 15 is 0 Å². The van der Waals surface area contributed by atoms with E-state index in [0.29, 0.717) is 5.82 Å². The molecule has 4 nitrogen and oxygen atoms in total. The highest BCUT2D eigenvalue weighted by molar-refractivity contribution is 5.66. The highest BCUT2D eigenvalue weighted by Crippen LogP contribution is 2.27. The minimum atomic E-state index is 0.411. The monoisotopic (exact) mass is 201 g/mol. The minimum Gasteiger partial charge on any atom is -0.496 e. The molecule has 0 atom stereocenters. The normalized spacial score (nSPS) is 9.93. The molecule has 1 heterocycles. The van der Waals surface area contributed by atoms with Crippen LogP contribution in [0.3, 0.4) is 0 Å². The molecule has 0 saturated carbocycles. The van der Waals surface area contributed by atoms with Gasteiger partial charge >= 0.3 is 0 Å². The second kappa shape index (κ2) is 3.96. The van der Waals surface area contributed by atoms with Crippen molar-refractivity contribution in [1.82, 2.24) is 9.97 Å². The van der Waals surface area contributed by atoms with Crippen molar-refractivity contribution in [3.05, 3.63) is 36.7 Å². The Balaban J connectivity index is 2.49. The highest BCUT2D eigenvalue weighted by Gasteiger charge is 2.05. The molecule has 1 aromatic carbocycles. The summed E-state index contributed by atoms with van der Waals surface area (Å²) < 4.78 is 5.23. The van der Waals surface area contributed by atoms with Gasteiger partial charge in [0.05, 0.1) is 25.2 Å². The Morgan fingerprint density at radius 3 is 2.60 bits per heavy atom. The summed E-state index contributed by atoms with van der Waals surface area (Å²) >= 11 is 0. The molecule has 76 valence electrons. The summed E-state index contributed by atoms with van der Waals surface area (Å²) in [5, 5.41) is 0. The smallest absolute Gasteiger partial charge is 0.141 e. The maximum atomic E-state index is 5.47. The number of rotatable bonds is 2. The van der Waals surface area contributed by atoms with Gasteiger partial charge < -0.3 is 10.5 Å². The molecular weight excluding hydrogens is 190 g/mol. The summed E-state index contributed by atoms with van der Waals surface area (Å²) in [4.78, 5) is 8.18. The molecular formula is C11H11N3O. The predicted octanol–water partition coefficient (Wildman–Crippen LogP) is 1.73. The first-order chi connectivity index (χ1) is 7.31. The van der Waals surface area contributed by atoms with Gasteiger partial charge in [-0.1, -0.05) is 12.1 Å². The molecule has 0 saturated heterocycles. The summed E-state index contributed by atoms with van der Waals surface area (Å²) in [5.74, 6) is 1.19. The largest absolute Gasteiger partial charge is 0.496 e. The van der Waals surface area contributed by atoms with E-state index in [1.54, 1.807) is 13.3 Å². The summed E-state index contributed by atoms with van der Waals surface area (Å²) in [6, 6.07) is 7.65. The van der Waals surface area contributed by atoms with E-state index in [0.717, 1.165) is 17.0 Å². The van der Waals surface area contributed by atoms with Gasteiger partial charge in [0.15, 0.2) is 0 Å². The maximum absolute atomic E-state index is 5.47. The average molecular weight is 201 g/mol. The van der Waals surface area contributed by atoms with Crippen molar-refractivity contribution >= 4 is 5.82 Å². The lowest BCUT2D eigenvalue weighted by molar-refractivity contribution is 0.416. The molecule has 0 radical (unpaired) electrons. The number of para-hydroxylation sites is 1. The molecule has 0 aliphatic heterocycles. The first-order valence-corrected chi connectivity index (χ1v) is 4.52.